The molecule has 2 rings (SSSR count). The van der Waals surface area contributed by atoms with Crippen molar-refractivity contribution in [2.75, 3.05) is 34.5 Å². The standard InChI is InChI=1S/C20H25NO5/c1-13-7-6-8-14(2)18(13)26-10-9-21-20(22)15-11-16(23-3)19(25-5)17(12-15)24-4/h6-8,11-12H,9-10H2,1-5H3,(H,21,22). The van der Waals surface area contributed by atoms with Gasteiger partial charge in [-0.3, -0.25) is 4.79 Å². The summed E-state index contributed by atoms with van der Waals surface area (Å²) in [6, 6.07) is 9.21. The quantitative estimate of drug-likeness (QED) is 0.734. The van der Waals surface area contributed by atoms with Gasteiger partial charge in [-0.05, 0) is 37.1 Å². The van der Waals surface area contributed by atoms with Gasteiger partial charge in [0.1, 0.15) is 12.4 Å². The molecule has 0 unspecified atom stereocenters. The number of ether oxygens (including phenoxy) is 4. The fourth-order valence-corrected chi connectivity index (χ4v) is 2.66. The first-order valence-corrected chi connectivity index (χ1v) is 8.29. The van der Waals surface area contributed by atoms with Gasteiger partial charge in [0.05, 0.1) is 27.9 Å². The Kier molecular flexibility index (Phi) is 6.72. The van der Waals surface area contributed by atoms with E-state index in [0.29, 0.717) is 36.0 Å². The number of para-hydroxylation sites is 1. The number of rotatable bonds is 8. The van der Waals surface area contributed by atoms with Gasteiger partial charge < -0.3 is 24.3 Å². The molecule has 0 spiro atoms. The Labute approximate surface area is 154 Å². The molecule has 0 atom stereocenters. The summed E-state index contributed by atoms with van der Waals surface area (Å²) < 4.78 is 21.6. The van der Waals surface area contributed by atoms with Crippen LogP contribution in [-0.2, 0) is 0 Å². The van der Waals surface area contributed by atoms with E-state index in [-0.39, 0.29) is 5.91 Å². The molecule has 6 nitrogen and oxygen atoms in total. The molecule has 0 aromatic heterocycles. The van der Waals surface area contributed by atoms with Crippen LogP contribution in [-0.4, -0.2) is 40.4 Å². The van der Waals surface area contributed by atoms with E-state index in [1.165, 1.54) is 21.3 Å². The monoisotopic (exact) mass is 359 g/mol. The van der Waals surface area contributed by atoms with Crippen molar-refractivity contribution in [2.45, 2.75) is 13.8 Å². The largest absolute Gasteiger partial charge is 0.493 e. The normalized spacial score (nSPS) is 10.2. The van der Waals surface area contributed by atoms with Crippen LogP contribution in [0.3, 0.4) is 0 Å². The molecule has 140 valence electrons. The summed E-state index contributed by atoms with van der Waals surface area (Å²) in [6.45, 7) is 4.75. The summed E-state index contributed by atoms with van der Waals surface area (Å²) in [5.74, 6) is 1.93. The van der Waals surface area contributed by atoms with Crippen molar-refractivity contribution in [3.63, 3.8) is 0 Å². The van der Waals surface area contributed by atoms with Crippen molar-refractivity contribution in [1.82, 2.24) is 5.32 Å². The lowest BCUT2D eigenvalue weighted by Gasteiger charge is -2.15. The lowest BCUT2D eigenvalue weighted by atomic mass is 10.1. The molecular formula is C20H25NO5. The second-order valence-corrected chi connectivity index (χ2v) is 5.74. The Morgan fingerprint density at radius 2 is 1.50 bits per heavy atom. The average molecular weight is 359 g/mol. The molecular weight excluding hydrogens is 334 g/mol. The zero-order valence-electron chi connectivity index (χ0n) is 15.8. The molecule has 0 saturated carbocycles. The van der Waals surface area contributed by atoms with Gasteiger partial charge in [0, 0.05) is 5.56 Å². The number of methoxy groups -OCH3 is 3. The molecule has 0 bridgehead atoms. The van der Waals surface area contributed by atoms with Gasteiger partial charge in [0.2, 0.25) is 5.75 Å². The number of benzene rings is 2. The first-order chi connectivity index (χ1) is 12.5. The van der Waals surface area contributed by atoms with Crippen molar-refractivity contribution < 1.29 is 23.7 Å². The topological polar surface area (TPSA) is 66.0 Å². The third-order valence-electron chi connectivity index (χ3n) is 3.97. The van der Waals surface area contributed by atoms with E-state index in [1.54, 1.807) is 12.1 Å². The number of nitrogens with one attached hydrogen (secondary N) is 1. The molecule has 0 fully saturated rings. The first kappa shape index (κ1) is 19.4. The Morgan fingerprint density at radius 3 is 2.00 bits per heavy atom. The highest BCUT2D eigenvalue weighted by atomic mass is 16.5. The summed E-state index contributed by atoms with van der Waals surface area (Å²) in [5, 5.41) is 2.83. The number of hydrogen-bond donors (Lipinski definition) is 1. The molecule has 0 aliphatic rings. The zero-order valence-corrected chi connectivity index (χ0v) is 15.8. The van der Waals surface area contributed by atoms with Crippen molar-refractivity contribution in [3.05, 3.63) is 47.0 Å². The summed E-state index contributed by atoms with van der Waals surface area (Å²) in [6.07, 6.45) is 0. The molecule has 0 heterocycles. The van der Waals surface area contributed by atoms with Gasteiger partial charge in [-0.1, -0.05) is 18.2 Å². The maximum Gasteiger partial charge on any atom is 0.251 e. The van der Waals surface area contributed by atoms with E-state index >= 15 is 0 Å². The molecule has 0 radical (unpaired) electrons. The van der Waals surface area contributed by atoms with Gasteiger partial charge >= 0.3 is 0 Å². The van der Waals surface area contributed by atoms with E-state index in [9.17, 15) is 4.79 Å². The van der Waals surface area contributed by atoms with E-state index in [0.717, 1.165) is 16.9 Å². The third kappa shape index (κ3) is 4.39. The van der Waals surface area contributed by atoms with Crippen molar-refractivity contribution >= 4 is 5.91 Å². The summed E-state index contributed by atoms with van der Waals surface area (Å²) in [5.41, 5.74) is 2.56. The Morgan fingerprint density at radius 1 is 0.923 bits per heavy atom. The van der Waals surface area contributed by atoms with Crippen LogP contribution < -0.4 is 24.3 Å². The predicted octanol–water partition coefficient (Wildman–Crippen LogP) is 3.14. The van der Waals surface area contributed by atoms with Crippen LogP contribution in [0.4, 0.5) is 0 Å². The van der Waals surface area contributed by atoms with Crippen LogP contribution >= 0.6 is 0 Å². The summed E-state index contributed by atoms with van der Waals surface area (Å²) in [7, 11) is 4.54. The minimum absolute atomic E-state index is 0.241. The highest BCUT2D eigenvalue weighted by Crippen LogP contribution is 2.38. The molecule has 0 saturated heterocycles. The highest BCUT2D eigenvalue weighted by molar-refractivity contribution is 5.95. The Hall–Kier alpha value is -2.89. The fraction of sp³-hybridized carbons (Fsp3) is 0.350. The minimum atomic E-state index is -0.241. The van der Waals surface area contributed by atoms with E-state index < -0.39 is 0 Å². The predicted molar refractivity (Wildman–Crippen MR) is 99.8 cm³/mol. The molecule has 0 aliphatic heterocycles. The zero-order chi connectivity index (χ0) is 19.1. The van der Waals surface area contributed by atoms with Crippen LogP contribution in [0, 0.1) is 13.8 Å². The third-order valence-corrected chi connectivity index (χ3v) is 3.97. The summed E-state index contributed by atoms with van der Waals surface area (Å²) >= 11 is 0. The molecule has 6 heteroatoms. The molecule has 2 aromatic carbocycles. The number of amides is 1. The lowest BCUT2D eigenvalue weighted by Crippen LogP contribution is -2.28. The van der Waals surface area contributed by atoms with Gasteiger partial charge in [0.25, 0.3) is 5.91 Å². The van der Waals surface area contributed by atoms with Crippen LogP contribution in [0.2, 0.25) is 0 Å². The van der Waals surface area contributed by atoms with Crippen molar-refractivity contribution in [3.8, 4) is 23.0 Å². The second-order valence-electron chi connectivity index (χ2n) is 5.74. The van der Waals surface area contributed by atoms with Crippen LogP contribution in [0.25, 0.3) is 0 Å². The molecule has 1 N–H and O–H groups in total. The van der Waals surface area contributed by atoms with E-state index in [4.69, 9.17) is 18.9 Å². The van der Waals surface area contributed by atoms with E-state index in [1.807, 2.05) is 32.0 Å². The number of carbonyl (C=O) groups excluding carboxylic acids is 1. The molecule has 0 aliphatic carbocycles. The summed E-state index contributed by atoms with van der Waals surface area (Å²) in [4.78, 5) is 12.4. The van der Waals surface area contributed by atoms with Crippen molar-refractivity contribution in [2.24, 2.45) is 0 Å². The van der Waals surface area contributed by atoms with Crippen LogP contribution in [0.15, 0.2) is 30.3 Å². The van der Waals surface area contributed by atoms with Gasteiger partial charge in [0.15, 0.2) is 11.5 Å². The maximum atomic E-state index is 12.4. The smallest absolute Gasteiger partial charge is 0.251 e. The van der Waals surface area contributed by atoms with Crippen molar-refractivity contribution in [1.29, 1.82) is 0 Å². The highest BCUT2D eigenvalue weighted by Gasteiger charge is 2.16. The van der Waals surface area contributed by atoms with Gasteiger partial charge in [-0.2, -0.15) is 0 Å². The molecule has 2 aromatic rings. The molecule has 26 heavy (non-hydrogen) atoms. The second kappa shape index (κ2) is 8.99. The average Bonchev–Trinajstić information content (AvgIpc) is 2.65. The Balaban J connectivity index is 2.00. The molecule has 1 amide bonds. The van der Waals surface area contributed by atoms with Crippen LogP contribution in [0.5, 0.6) is 23.0 Å². The lowest BCUT2D eigenvalue weighted by molar-refractivity contribution is 0.0946. The van der Waals surface area contributed by atoms with E-state index in [2.05, 4.69) is 5.32 Å². The number of hydrogen-bond acceptors (Lipinski definition) is 5. The van der Waals surface area contributed by atoms with Gasteiger partial charge in [-0.15, -0.1) is 0 Å². The first-order valence-electron chi connectivity index (χ1n) is 8.29. The number of aryl methyl sites for hydroxylation is 2. The number of carbonyl (C=O) groups is 1. The Bertz CT molecular complexity index is 728. The maximum absolute atomic E-state index is 12.4. The van der Waals surface area contributed by atoms with Gasteiger partial charge in [-0.25, -0.2) is 0 Å². The SMILES string of the molecule is COc1cc(C(=O)NCCOc2c(C)cccc2C)cc(OC)c1OC. The minimum Gasteiger partial charge on any atom is -0.493 e. The van der Waals surface area contributed by atoms with Crippen LogP contribution in [0.1, 0.15) is 21.5 Å². The fourth-order valence-electron chi connectivity index (χ4n) is 2.66.